The Labute approximate surface area is 88.6 Å². The Kier molecular flexibility index (Phi) is 2.72. The third kappa shape index (κ3) is 2.18. The zero-order valence-electron chi connectivity index (χ0n) is 8.39. The van der Waals surface area contributed by atoms with Gasteiger partial charge in [-0.1, -0.05) is 12.2 Å². The Morgan fingerprint density at radius 2 is 1.93 bits per heavy atom. The average Bonchev–Trinajstić information content (AvgIpc) is 2.30. The van der Waals surface area contributed by atoms with Gasteiger partial charge in [0.25, 0.3) is 0 Å². The molecule has 1 aliphatic heterocycles. The number of aromatic carboxylic acids is 1. The minimum absolute atomic E-state index is 0.339. The first-order chi connectivity index (χ1) is 7.27. The molecule has 0 fully saturated rings. The molecule has 1 aromatic rings. The van der Waals surface area contributed by atoms with Crippen LogP contribution < -0.4 is 4.90 Å². The van der Waals surface area contributed by atoms with E-state index in [0.29, 0.717) is 5.56 Å². The molecule has 1 heterocycles. The summed E-state index contributed by atoms with van der Waals surface area (Å²) < 4.78 is 0. The molecule has 0 saturated carbocycles. The highest BCUT2D eigenvalue weighted by Crippen LogP contribution is 2.17. The van der Waals surface area contributed by atoms with Crippen molar-refractivity contribution in [1.29, 1.82) is 0 Å². The van der Waals surface area contributed by atoms with Crippen LogP contribution in [0.4, 0.5) is 5.69 Å². The number of carboxylic acids is 1. The largest absolute Gasteiger partial charge is 0.478 e. The van der Waals surface area contributed by atoms with Crippen molar-refractivity contribution in [3.05, 3.63) is 42.0 Å². The predicted molar refractivity (Wildman–Crippen MR) is 59.4 cm³/mol. The average molecular weight is 203 g/mol. The van der Waals surface area contributed by atoms with Crippen LogP contribution in [0.1, 0.15) is 16.8 Å². The number of rotatable bonds is 2. The molecular formula is C12H13NO2. The minimum Gasteiger partial charge on any atom is -0.478 e. The highest BCUT2D eigenvalue weighted by molar-refractivity contribution is 5.88. The van der Waals surface area contributed by atoms with Gasteiger partial charge in [0.1, 0.15) is 0 Å². The maximum atomic E-state index is 10.7. The lowest BCUT2D eigenvalue weighted by Crippen LogP contribution is -2.26. The van der Waals surface area contributed by atoms with Crippen molar-refractivity contribution >= 4 is 11.7 Å². The van der Waals surface area contributed by atoms with Crippen LogP contribution in [0.3, 0.4) is 0 Å². The monoisotopic (exact) mass is 203 g/mol. The van der Waals surface area contributed by atoms with Crippen molar-refractivity contribution in [3.63, 3.8) is 0 Å². The van der Waals surface area contributed by atoms with E-state index < -0.39 is 5.97 Å². The SMILES string of the molecule is O=C(O)c1ccc(N2CC=CCC2)cc1. The van der Waals surface area contributed by atoms with E-state index in [9.17, 15) is 4.79 Å². The van der Waals surface area contributed by atoms with E-state index in [-0.39, 0.29) is 0 Å². The molecule has 0 atom stereocenters. The Bertz CT molecular complexity index is 381. The lowest BCUT2D eigenvalue weighted by Gasteiger charge is -2.25. The van der Waals surface area contributed by atoms with E-state index in [1.807, 2.05) is 12.1 Å². The van der Waals surface area contributed by atoms with E-state index in [1.54, 1.807) is 12.1 Å². The zero-order chi connectivity index (χ0) is 10.7. The van der Waals surface area contributed by atoms with E-state index in [0.717, 1.165) is 25.2 Å². The number of hydrogen-bond donors (Lipinski definition) is 1. The molecule has 1 N–H and O–H groups in total. The quantitative estimate of drug-likeness (QED) is 0.749. The summed E-state index contributed by atoms with van der Waals surface area (Å²) in [4.78, 5) is 12.9. The first-order valence-corrected chi connectivity index (χ1v) is 5.00. The van der Waals surface area contributed by atoms with Gasteiger partial charge in [0.05, 0.1) is 5.56 Å². The van der Waals surface area contributed by atoms with Crippen LogP contribution in [0.2, 0.25) is 0 Å². The normalized spacial score (nSPS) is 15.3. The summed E-state index contributed by atoms with van der Waals surface area (Å²) in [6, 6.07) is 7.02. The summed E-state index contributed by atoms with van der Waals surface area (Å²) >= 11 is 0. The number of hydrogen-bond acceptors (Lipinski definition) is 2. The summed E-state index contributed by atoms with van der Waals surface area (Å²) in [6.07, 6.45) is 5.36. The number of anilines is 1. The fourth-order valence-electron chi connectivity index (χ4n) is 1.69. The molecule has 3 nitrogen and oxygen atoms in total. The van der Waals surface area contributed by atoms with Crippen LogP contribution >= 0.6 is 0 Å². The highest BCUT2D eigenvalue weighted by atomic mass is 16.4. The van der Waals surface area contributed by atoms with Gasteiger partial charge in [-0.2, -0.15) is 0 Å². The third-order valence-corrected chi connectivity index (χ3v) is 2.54. The third-order valence-electron chi connectivity index (χ3n) is 2.54. The predicted octanol–water partition coefficient (Wildman–Crippen LogP) is 2.15. The number of carbonyl (C=O) groups is 1. The van der Waals surface area contributed by atoms with Gasteiger partial charge in [-0.05, 0) is 30.7 Å². The van der Waals surface area contributed by atoms with Crippen molar-refractivity contribution in [2.75, 3.05) is 18.0 Å². The van der Waals surface area contributed by atoms with Crippen LogP contribution in [0.15, 0.2) is 36.4 Å². The molecule has 1 aliphatic rings. The Hall–Kier alpha value is -1.77. The fourth-order valence-corrected chi connectivity index (χ4v) is 1.69. The summed E-state index contributed by atoms with van der Waals surface area (Å²) in [5, 5.41) is 8.76. The van der Waals surface area contributed by atoms with Crippen LogP contribution in [0, 0.1) is 0 Å². The molecule has 0 bridgehead atoms. The van der Waals surface area contributed by atoms with Gasteiger partial charge in [0.15, 0.2) is 0 Å². The van der Waals surface area contributed by atoms with Crippen LogP contribution in [0.25, 0.3) is 0 Å². The molecule has 0 saturated heterocycles. The molecule has 0 amide bonds. The molecule has 0 spiro atoms. The Morgan fingerprint density at radius 1 is 1.20 bits per heavy atom. The zero-order valence-corrected chi connectivity index (χ0v) is 8.39. The number of nitrogens with zero attached hydrogens (tertiary/aromatic N) is 1. The molecule has 0 unspecified atom stereocenters. The van der Waals surface area contributed by atoms with Gasteiger partial charge in [-0.25, -0.2) is 4.79 Å². The van der Waals surface area contributed by atoms with Gasteiger partial charge in [-0.3, -0.25) is 0 Å². The van der Waals surface area contributed by atoms with E-state index in [2.05, 4.69) is 17.1 Å². The lowest BCUT2D eigenvalue weighted by atomic mass is 10.1. The molecular weight excluding hydrogens is 190 g/mol. The summed E-state index contributed by atoms with van der Waals surface area (Å²) in [7, 11) is 0. The van der Waals surface area contributed by atoms with Gasteiger partial charge in [0.2, 0.25) is 0 Å². The van der Waals surface area contributed by atoms with E-state index in [1.165, 1.54) is 0 Å². The summed E-state index contributed by atoms with van der Waals surface area (Å²) in [6.45, 7) is 1.91. The summed E-state index contributed by atoms with van der Waals surface area (Å²) in [5.41, 5.74) is 1.43. The van der Waals surface area contributed by atoms with Crippen LogP contribution in [0.5, 0.6) is 0 Å². The van der Waals surface area contributed by atoms with Crippen molar-refractivity contribution in [1.82, 2.24) is 0 Å². The van der Waals surface area contributed by atoms with Crippen LogP contribution in [-0.2, 0) is 0 Å². The molecule has 2 rings (SSSR count). The van der Waals surface area contributed by atoms with Crippen molar-refractivity contribution in [2.45, 2.75) is 6.42 Å². The second-order valence-electron chi connectivity index (χ2n) is 3.56. The lowest BCUT2D eigenvalue weighted by molar-refractivity contribution is 0.0697. The standard InChI is InChI=1S/C12H13NO2/c14-12(15)10-4-6-11(7-5-10)13-8-2-1-3-9-13/h1-2,4-7H,3,8-9H2,(H,14,15). The Morgan fingerprint density at radius 3 is 2.47 bits per heavy atom. The number of carboxylic acid groups (broad SMARTS) is 1. The molecule has 0 aromatic heterocycles. The Balaban J connectivity index is 2.16. The maximum absolute atomic E-state index is 10.7. The van der Waals surface area contributed by atoms with Crippen molar-refractivity contribution < 1.29 is 9.90 Å². The molecule has 1 aromatic carbocycles. The topological polar surface area (TPSA) is 40.5 Å². The van der Waals surface area contributed by atoms with Crippen LogP contribution in [-0.4, -0.2) is 24.2 Å². The number of benzene rings is 1. The smallest absolute Gasteiger partial charge is 0.335 e. The van der Waals surface area contributed by atoms with Crippen molar-refractivity contribution in [3.8, 4) is 0 Å². The fraction of sp³-hybridized carbons (Fsp3) is 0.250. The van der Waals surface area contributed by atoms with Gasteiger partial charge < -0.3 is 10.0 Å². The molecule has 78 valence electrons. The first kappa shape index (κ1) is 9.77. The minimum atomic E-state index is -0.875. The molecule has 0 radical (unpaired) electrons. The summed E-state index contributed by atoms with van der Waals surface area (Å²) in [5.74, 6) is -0.875. The molecule has 0 aliphatic carbocycles. The van der Waals surface area contributed by atoms with Gasteiger partial charge in [0, 0.05) is 18.8 Å². The maximum Gasteiger partial charge on any atom is 0.335 e. The molecule has 15 heavy (non-hydrogen) atoms. The first-order valence-electron chi connectivity index (χ1n) is 5.00. The van der Waals surface area contributed by atoms with Gasteiger partial charge in [-0.15, -0.1) is 0 Å². The van der Waals surface area contributed by atoms with E-state index in [4.69, 9.17) is 5.11 Å². The van der Waals surface area contributed by atoms with Crippen molar-refractivity contribution in [2.24, 2.45) is 0 Å². The second kappa shape index (κ2) is 4.17. The highest BCUT2D eigenvalue weighted by Gasteiger charge is 2.08. The van der Waals surface area contributed by atoms with Gasteiger partial charge >= 0.3 is 5.97 Å². The van der Waals surface area contributed by atoms with E-state index >= 15 is 0 Å². The molecule has 3 heteroatoms. The second-order valence-corrected chi connectivity index (χ2v) is 3.56.